The Kier molecular flexibility index (Phi) is 8.38. The van der Waals surface area contributed by atoms with E-state index in [1.165, 1.54) is 24.3 Å². The van der Waals surface area contributed by atoms with E-state index >= 15 is 0 Å². The number of nitrogens with one attached hydrogen (secondary N) is 1. The predicted molar refractivity (Wildman–Crippen MR) is 131 cm³/mol. The lowest BCUT2D eigenvalue weighted by molar-refractivity contribution is -0.157. The van der Waals surface area contributed by atoms with Gasteiger partial charge in [-0.25, -0.2) is 14.4 Å². The monoisotopic (exact) mass is 539 g/mol. The lowest BCUT2D eigenvalue weighted by Crippen LogP contribution is -2.48. The van der Waals surface area contributed by atoms with Crippen LogP contribution < -0.4 is 5.32 Å². The van der Waals surface area contributed by atoms with E-state index in [0.29, 0.717) is 10.2 Å². The number of carboxylic acid groups (broad SMARTS) is 1. The Hall–Kier alpha value is -3.98. The molecule has 180 valence electrons. The van der Waals surface area contributed by atoms with Crippen LogP contribution in [-0.2, 0) is 19.1 Å². The molecule has 0 aromatic heterocycles. The van der Waals surface area contributed by atoms with Gasteiger partial charge in [-0.3, -0.25) is 4.79 Å². The molecule has 9 heteroatoms. The summed E-state index contributed by atoms with van der Waals surface area (Å²) in [5, 5.41) is 12.4. The molecule has 0 bridgehead atoms. The molecule has 8 nitrogen and oxygen atoms in total. The van der Waals surface area contributed by atoms with Crippen LogP contribution in [0.15, 0.2) is 77.3 Å². The summed E-state index contributed by atoms with van der Waals surface area (Å²) in [5.41, 5.74) is 2.02. The molecule has 0 saturated heterocycles. The molecule has 2 atom stereocenters. The van der Waals surface area contributed by atoms with E-state index in [9.17, 15) is 24.3 Å². The molecule has 0 aliphatic heterocycles. The lowest BCUT2D eigenvalue weighted by atomic mass is 10.1. The predicted octanol–water partition coefficient (Wildman–Crippen LogP) is 4.54. The Bertz CT molecular complexity index is 1270. The van der Waals surface area contributed by atoms with Crippen LogP contribution in [0.3, 0.4) is 0 Å². The largest absolute Gasteiger partial charge is 0.478 e. The van der Waals surface area contributed by atoms with Gasteiger partial charge < -0.3 is 19.9 Å². The van der Waals surface area contributed by atoms with E-state index in [2.05, 4.69) is 21.2 Å². The second-order valence-corrected chi connectivity index (χ2v) is 8.55. The lowest BCUT2D eigenvalue weighted by Gasteiger charge is -2.24. The first kappa shape index (κ1) is 25.6. The molecular weight excluding hydrogens is 518 g/mol. The van der Waals surface area contributed by atoms with Gasteiger partial charge in [0, 0.05) is 4.47 Å². The smallest absolute Gasteiger partial charge is 0.349 e. The molecule has 0 aliphatic rings. The number of anilines is 1. The zero-order valence-electron chi connectivity index (χ0n) is 18.9. The minimum absolute atomic E-state index is 0.0891. The number of aliphatic carboxylic acids is 1. The Labute approximate surface area is 210 Å². The molecule has 0 saturated carbocycles. The average Bonchev–Trinajstić information content (AvgIpc) is 2.82. The first-order chi connectivity index (χ1) is 16.7. The van der Waals surface area contributed by atoms with Crippen molar-refractivity contribution in [2.24, 2.45) is 0 Å². The molecule has 0 fully saturated rings. The summed E-state index contributed by atoms with van der Waals surface area (Å²) in [6, 6.07) is 19.3. The van der Waals surface area contributed by atoms with Crippen LogP contribution in [0.5, 0.6) is 0 Å². The quantitative estimate of drug-likeness (QED) is 0.403. The van der Waals surface area contributed by atoms with Gasteiger partial charge in [-0.2, -0.15) is 0 Å². The maximum atomic E-state index is 13.2. The van der Waals surface area contributed by atoms with Crippen LogP contribution in [0.25, 0.3) is 0 Å². The number of ether oxygens (including phenoxy) is 2. The van der Waals surface area contributed by atoms with Crippen molar-refractivity contribution >= 4 is 45.4 Å². The van der Waals surface area contributed by atoms with Crippen molar-refractivity contribution < 1.29 is 33.8 Å². The Balaban J connectivity index is 1.93. The van der Waals surface area contributed by atoms with Gasteiger partial charge in [0.1, 0.15) is 0 Å². The minimum Gasteiger partial charge on any atom is -0.478 e. The molecule has 0 aliphatic carbocycles. The minimum atomic E-state index is -2.11. The van der Waals surface area contributed by atoms with Crippen LogP contribution in [-0.4, -0.2) is 41.1 Å². The van der Waals surface area contributed by atoms with E-state index in [-0.39, 0.29) is 11.1 Å². The summed E-state index contributed by atoms with van der Waals surface area (Å²) in [7, 11) is 0. The third kappa shape index (κ3) is 6.77. The van der Waals surface area contributed by atoms with Crippen LogP contribution in [0, 0.1) is 13.8 Å². The van der Waals surface area contributed by atoms with Gasteiger partial charge in [0.05, 0.1) is 16.8 Å². The fourth-order valence-electron chi connectivity index (χ4n) is 3.17. The van der Waals surface area contributed by atoms with Crippen molar-refractivity contribution in [1.29, 1.82) is 0 Å². The summed E-state index contributed by atoms with van der Waals surface area (Å²) < 4.78 is 11.0. The number of benzene rings is 3. The average molecular weight is 540 g/mol. The topological polar surface area (TPSA) is 119 Å². The van der Waals surface area contributed by atoms with Crippen LogP contribution >= 0.6 is 15.9 Å². The zero-order chi connectivity index (χ0) is 25.5. The number of hydrogen-bond acceptors (Lipinski definition) is 6. The molecule has 0 spiro atoms. The highest BCUT2D eigenvalue weighted by Gasteiger charge is 2.41. The van der Waals surface area contributed by atoms with Gasteiger partial charge in [-0.1, -0.05) is 47.5 Å². The molecule has 2 N–H and O–H groups in total. The highest BCUT2D eigenvalue weighted by molar-refractivity contribution is 9.10. The van der Waals surface area contributed by atoms with E-state index in [1.807, 2.05) is 0 Å². The second kappa shape index (κ2) is 11.4. The molecule has 35 heavy (non-hydrogen) atoms. The Morgan fingerprint density at radius 3 is 1.77 bits per heavy atom. The van der Waals surface area contributed by atoms with Crippen molar-refractivity contribution in [3.8, 4) is 0 Å². The molecule has 0 heterocycles. The normalized spacial score (nSPS) is 12.2. The van der Waals surface area contributed by atoms with Crippen molar-refractivity contribution in [2.45, 2.75) is 26.1 Å². The third-order valence-electron chi connectivity index (χ3n) is 4.88. The molecule has 3 aromatic rings. The van der Waals surface area contributed by atoms with Gasteiger partial charge in [-0.15, -0.1) is 0 Å². The number of rotatable bonds is 8. The number of esters is 2. The Morgan fingerprint density at radius 1 is 0.771 bits per heavy atom. The zero-order valence-corrected chi connectivity index (χ0v) is 20.4. The summed E-state index contributed by atoms with van der Waals surface area (Å²) in [5.74, 6) is -4.57. The highest BCUT2D eigenvalue weighted by atomic mass is 79.9. The molecule has 3 rings (SSSR count). The van der Waals surface area contributed by atoms with Crippen molar-refractivity contribution in [1.82, 2.24) is 0 Å². The van der Waals surface area contributed by atoms with Gasteiger partial charge in [0.2, 0.25) is 12.2 Å². The van der Waals surface area contributed by atoms with Crippen molar-refractivity contribution in [3.63, 3.8) is 0 Å². The standard InChI is InChI=1S/C26H22BrNO7/c1-15-7-5-9-17(13-15)25(32)34-21(23(29)28-20-12-4-3-11-19(20)27)22(24(30)31)35-26(33)18-10-6-8-16(2)14-18/h3-14,21-22H,1-2H3,(H,28,29)(H,30,31)/t21-,22+/m0/s1. The van der Waals surface area contributed by atoms with Crippen LogP contribution in [0.4, 0.5) is 5.69 Å². The van der Waals surface area contributed by atoms with Crippen LogP contribution in [0.1, 0.15) is 31.8 Å². The SMILES string of the molecule is Cc1cccc(C(=O)O[C@H](C(=O)Nc2ccccc2Br)[C@@H](OC(=O)c2cccc(C)c2)C(=O)O)c1. The third-order valence-corrected chi connectivity index (χ3v) is 5.58. The van der Waals surface area contributed by atoms with Crippen molar-refractivity contribution in [3.05, 3.63) is 99.5 Å². The van der Waals surface area contributed by atoms with E-state index in [4.69, 9.17) is 9.47 Å². The number of carbonyl (C=O) groups is 4. The Morgan fingerprint density at radius 2 is 1.29 bits per heavy atom. The first-order valence-electron chi connectivity index (χ1n) is 10.5. The molecule has 3 aromatic carbocycles. The molecule has 1 amide bonds. The fourth-order valence-corrected chi connectivity index (χ4v) is 3.56. The number of hydrogen-bond donors (Lipinski definition) is 2. The second-order valence-electron chi connectivity index (χ2n) is 7.70. The molecular formula is C26H22BrNO7. The summed E-state index contributed by atoms with van der Waals surface area (Å²) >= 11 is 3.29. The fraction of sp³-hybridized carbons (Fsp3) is 0.154. The van der Waals surface area contributed by atoms with Gasteiger partial charge in [-0.05, 0) is 66.2 Å². The molecule has 0 unspecified atom stereocenters. The number of halogens is 1. The van der Waals surface area contributed by atoms with Gasteiger partial charge in [0.15, 0.2) is 0 Å². The summed E-state index contributed by atoms with van der Waals surface area (Å²) in [6.45, 7) is 3.51. The maximum absolute atomic E-state index is 13.2. The van der Waals surface area contributed by atoms with E-state index in [1.54, 1.807) is 62.4 Å². The first-order valence-corrected chi connectivity index (χ1v) is 11.3. The molecule has 0 radical (unpaired) electrons. The summed E-state index contributed by atoms with van der Waals surface area (Å²) in [4.78, 5) is 50.8. The number of aryl methyl sites for hydroxylation is 2. The maximum Gasteiger partial charge on any atom is 0.349 e. The number of para-hydroxylation sites is 1. The van der Waals surface area contributed by atoms with E-state index < -0.39 is 36.0 Å². The number of carboxylic acids is 1. The van der Waals surface area contributed by atoms with Gasteiger partial charge >= 0.3 is 17.9 Å². The van der Waals surface area contributed by atoms with Crippen molar-refractivity contribution in [2.75, 3.05) is 5.32 Å². The number of carbonyl (C=O) groups excluding carboxylic acids is 3. The van der Waals surface area contributed by atoms with Gasteiger partial charge in [0.25, 0.3) is 5.91 Å². The highest BCUT2D eigenvalue weighted by Crippen LogP contribution is 2.23. The number of amides is 1. The van der Waals surface area contributed by atoms with E-state index in [0.717, 1.165) is 11.1 Å². The van der Waals surface area contributed by atoms with Crippen LogP contribution in [0.2, 0.25) is 0 Å². The summed E-state index contributed by atoms with van der Waals surface area (Å²) in [6.07, 6.45) is -4.10.